The van der Waals surface area contributed by atoms with Crippen molar-refractivity contribution in [2.45, 2.75) is 52.2 Å². The number of hydrogen-bond acceptors (Lipinski definition) is 6. The maximum absolute atomic E-state index is 12.7. The van der Waals surface area contributed by atoms with E-state index in [4.69, 9.17) is 0 Å². The smallest absolute Gasteiger partial charge is 0.346 e. The predicted octanol–water partition coefficient (Wildman–Crippen LogP) is 1.70. The molecule has 0 aliphatic carbocycles. The summed E-state index contributed by atoms with van der Waals surface area (Å²) >= 11 is 1.57. The van der Waals surface area contributed by atoms with Gasteiger partial charge in [0.1, 0.15) is 11.5 Å². The van der Waals surface area contributed by atoms with E-state index in [0.717, 1.165) is 28.6 Å². The van der Waals surface area contributed by atoms with E-state index in [1.54, 1.807) is 22.0 Å². The van der Waals surface area contributed by atoms with E-state index < -0.39 is 0 Å². The molecule has 0 saturated carbocycles. The highest BCUT2D eigenvalue weighted by molar-refractivity contribution is 7.09. The Morgan fingerprint density at radius 3 is 2.89 bits per heavy atom. The van der Waals surface area contributed by atoms with Gasteiger partial charge >= 0.3 is 5.69 Å². The molecule has 0 spiro atoms. The first-order valence-electron chi connectivity index (χ1n) is 9.31. The lowest BCUT2D eigenvalue weighted by molar-refractivity contribution is 0.0927. The fourth-order valence-corrected chi connectivity index (χ4v) is 4.04. The number of fused-ring (bicyclic) bond motifs is 1. The van der Waals surface area contributed by atoms with Crippen molar-refractivity contribution in [3.8, 4) is 0 Å². The third kappa shape index (κ3) is 3.89. The molecule has 1 unspecified atom stereocenters. The van der Waals surface area contributed by atoms with Crippen molar-refractivity contribution in [2.75, 3.05) is 0 Å². The standard InChI is InChI=1S/C19H22N6O2S/c1-12-4-3-5-16(20-12)18(26)22-14-6-7-17-23-25(19(27)24(17)9-8-14)10-15-11-28-13(2)21-15/h3-5,11,14H,6-10H2,1-2H3,(H,22,26). The summed E-state index contributed by atoms with van der Waals surface area (Å²) in [5, 5.41) is 10.5. The molecular weight excluding hydrogens is 376 g/mol. The number of aromatic nitrogens is 5. The first-order chi connectivity index (χ1) is 13.5. The molecule has 3 aromatic rings. The van der Waals surface area contributed by atoms with Gasteiger partial charge in [0, 0.05) is 30.1 Å². The third-order valence-electron chi connectivity index (χ3n) is 4.85. The van der Waals surface area contributed by atoms with E-state index in [1.807, 2.05) is 31.4 Å². The molecule has 0 aromatic carbocycles. The molecule has 0 fully saturated rings. The first kappa shape index (κ1) is 18.5. The summed E-state index contributed by atoms with van der Waals surface area (Å²) in [6.07, 6.45) is 2.07. The van der Waals surface area contributed by atoms with E-state index in [9.17, 15) is 9.59 Å². The normalized spacial score (nSPS) is 16.4. The number of rotatable bonds is 4. The zero-order valence-corrected chi connectivity index (χ0v) is 16.7. The van der Waals surface area contributed by atoms with Crippen LogP contribution in [0.1, 0.15) is 45.5 Å². The van der Waals surface area contributed by atoms with E-state index in [1.165, 1.54) is 4.68 Å². The Hall–Kier alpha value is -2.81. The summed E-state index contributed by atoms with van der Waals surface area (Å²) in [6.45, 7) is 4.73. The molecule has 1 aliphatic heterocycles. The molecule has 1 aliphatic rings. The van der Waals surface area contributed by atoms with Gasteiger partial charge in [-0.3, -0.25) is 9.36 Å². The van der Waals surface area contributed by atoms with Crippen molar-refractivity contribution in [3.63, 3.8) is 0 Å². The number of carbonyl (C=O) groups is 1. The number of nitrogens with one attached hydrogen (secondary N) is 1. The zero-order chi connectivity index (χ0) is 19.7. The summed E-state index contributed by atoms with van der Waals surface area (Å²) in [5.41, 5.74) is 1.97. The fourth-order valence-electron chi connectivity index (χ4n) is 3.44. The maximum atomic E-state index is 12.7. The van der Waals surface area contributed by atoms with Crippen molar-refractivity contribution in [1.29, 1.82) is 0 Å². The van der Waals surface area contributed by atoms with Crippen molar-refractivity contribution in [1.82, 2.24) is 29.6 Å². The lowest BCUT2D eigenvalue weighted by atomic mass is 10.1. The molecule has 0 saturated heterocycles. The molecule has 28 heavy (non-hydrogen) atoms. The maximum Gasteiger partial charge on any atom is 0.346 e. The largest absolute Gasteiger partial charge is 0.348 e. The van der Waals surface area contributed by atoms with Gasteiger partial charge in [-0.05, 0) is 38.8 Å². The number of thiazole rings is 1. The van der Waals surface area contributed by atoms with Crippen LogP contribution in [0.4, 0.5) is 0 Å². The summed E-state index contributed by atoms with van der Waals surface area (Å²) in [6, 6.07) is 5.39. The molecular formula is C19H22N6O2S. The number of carbonyl (C=O) groups excluding carboxylic acids is 1. The average Bonchev–Trinajstić information content (AvgIpc) is 3.13. The van der Waals surface area contributed by atoms with Crippen LogP contribution in [-0.4, -0.2) is 36.3 Å². The van der Waals surface area contributed by atoms with E-state index in [2.05, 4.69) is 20.4 Å². The molecule has 4 heterocycles. The second kappa shape index (κ2) is 7.67. The van der Waals surface area contributed by atoms with Gasteiger partial charge in [0.25, 0.3) is 5.91 Å². The van der Waals surface area contributed by atoms with Crippen LogP contribution < -0.4 is 11.0 Å². The minimum absolute atomic E-state index is 0.00875. The highest BCUT2D eigenvalue weighted by atomic mass is 32.1. The van der Waals surface area contributed by atoms with E-state index >= 15 is 0 Å². The Bertz CT molecular complexity index is 1070. The average molecular weight is 398 g/mol. The van der Waals surface area contributed by atoms with Crippen LogP contribution in [0.15, 0.2) is 28.4 Å². The van der Waals surface area contributed by atoms with Crippen molar-refractivity contribution in [2.24, 2.45) is 0 Å². The minimum atomic E-state index is -0.176. The van der Waals surface area contributed by atoms with Gasteiger partial charge in [0.2, 0.25) is 0 Å². The van der Waals surface area contributed by atoms with Gasteiger partial charge in [-0.2, -0.15) is 5.10 Å². The van der Waals surface area contributed by atoms with Gasteiger partial charge in [-0.1, -0.05) is 6.07 Å². The molecule has 4 rings (SSSR count). The zero-order valence-electron chi connectivity index (χ0n) is 15.9. The van der Waals surface area contributed by atoms with Crippen LogP contribution in [-0.2, 0) is 19.5 Å². The highest BCUT2D eigenvalue weighted by Crippen LogP contribution is 2.14. The van der Waals surface area contributed by atoms with Crippen molar-refractivity contribution in [3.05, 3.63) is 62.0 Å². The number of hydrogen-bond donors (Lipinski definition) is 1. The fraction of sp³-hybridized carbons (Fsp3) is 0.421. The Morgan fingerprint density at radius 2 is 2.14 bits per heavy atom. The Morgan fingerprint density at radius 1 is 1.29 bits per heavy atom. The number of nitrogens with zero attached hydrogens (tertiary/aromatic N) is 5. The highest BCUT2D eigenvalue weighted by Gasteiger charge is 2.23. The predicted molar refractivity (Wildman–Crippen MR) is 106 cm³/mol. The van der Waals surface area contributed by atoms with Gasteiger partial charge in [-0.15, -0.1) is 11.3 Å². The van der Waals surface area contributed by atoms with Crippen LogP contribution in [0, 0.1) is 13.8 Å². The van der Waals surface area contributed by atoms with Crippen LogP contribution in [0.5, 0.6) is 0 Å². The summed E-state index contributed by atoms with van der Waals surface area (Å²) in [5.74, 6) is 0.590. The molecule has 9 heteroatoms. The molecule has 0 radical (unpaired) electrons. The third-order valence-corrected chi connectivity index (χ3v) is 5.67. The molecule has 1 atom stereocenters. The van der Waals surface area contributed by atoms with Gasteiger partial charge < -0.3 is 5.32 Å². The molecule has 1 amide bonds. The van der Waals surface area contributed by atoms with Crippen molar-refractivity contribution >= 4 is 17.2 Å². The summed E-state index contributed by atoms with van der Waals surface area (Å²) in [4.78, 5) is 33.8. The van der Waals surface area contributed by atoms with Crippen LogP contribution in [0.25, 0.3) is 0 Å². The lowest BCUT2D eigenvalue weighted by Gasteiger charge is -2.15. The second-order valence-corrected chi connectivity index (χ2v) is 8.09. The van der Waals surface area contributed by atoms with Crippen LogP contribution in [0.2, 0.25) is 0 Å². The van der Waals surface area contributed by atoms with Gasteiger partial charge in [-0.25, -0.2) is 19.4 Å². The Labute approximate surface area is 166 Å². The molecule has 1 N–H and O–H groups in total. The number of pyridine rings is 1. The summed E-state index contributed by atoms with van der Waals surface area (Å²) in [7, 11) is 0. The molecule has 146 valence electrons. The van der Waals surface area contributed by atoms with Crippen LogP contribution in [0.3, 0.4) is 0 Å². The van der Waals surface area contributed by atoms with E-state index in [-0.39, 0.29) is 17.6 Å². The Kier molecular flexibility index (Phi) is 5.08. The monoisotopic (exact) mass is 398 g/mol. The Balaban J connectivity index is 1.43. The number of aryl methyl sites for hydroxylation is 3. The lowest BCUT2D eigenvalue weighted by Crippen LogP contribution is -2.36. The van der Waals surface area contributed by atoms with E-state index in [0.29, 0.717) is 31.6 Å². The topological polar surface area (TPSA) is 94.7 Å². The SMILES string of the molecule is Cc1cccc(C(=O)NC2CCc3nn(Cc4csc(C)n4)c(=O)n3CC2)n1. The number of amides is 1. The quantitative estimate of drug-likeness (QED) is 0.722. The molecule has 0 bridgehead atoms. The van der Waals surface area contributed by atoms with Crippen molar-refractivity contribution < 1.29 is 4.79 Å². The first-order valence-corrected chi connectivity index (χ1v) is 10.2. The molecule has 3 aromatic heterocycles. The van der Waals surface area contributed by atoms with Gasteiger partial charge in [0.05, 0.1) is 17.2 Å². The van der Waals surface area contributed by atoms with Crippen LogP contribution >= 0.6 is 11.3 Å². The minimum Gasteiger partial charge on any atom is -0.348 e. The molecule has 8 nitrogen and oxygen atoms in total. The second-order valence-electron chi connectivity index (χ2n) is 7.03. The summed E-state index contributed by atoms with van der Waals surface area (Å²) < 4.78 is 3.20. The van der Waals surface area contributed by atoms with Gasteiger partial charge in [0.15, 0.2) is 0 Å².